The summed E-state index contributed by atoms with van der Waals surface area (Å²) in [5.41, 5.74) is 3.34. The summed E-state index contributed by atoms with van der Waals surface area (Å²) in [7, 11) is 1.57. The number of carbonyl (C=O) groups is 1. The molecule has 35 heavy (non-hydrogen) atoms. The van der Waals surface area contributed by atoms with Crippen molar-refractivity contribution in [1.29, 1.82) is 0 Å². The molecule has 2 aliphatic rings. The van der Waals surface area contributed by atoms with Gasteiger partial charge < -0.3 is 14.7 Å². The van der Waals surface area contributed by atoms with Gasteiger partial charge in [0.2, 0.25) is 0 Å². The van der Waals surface area contributed by atoms with Crippen molar-refractivity contribution >= 4 is 24.6 Å². The van der Waals surface area contributed by atoms with Gasteiger partial charge in [0.1, 0.15) is 5.69 Å². The molecular formula is C27H34BN4O3. The lowest BCUT2D eigenvalue weighted by atomic mass is 9.85. The Hall–Kier alpha value is -2.71. The van der Waals surface area contributed by atoms with Gasteiger partial charge in [-0.15, -0.1) is 0 Å². The van der Waals surface area contributed by atoms with Crippen LogP contribution in [0.25, 0.3) is 5.65 Å². The van der Waals surface area contributed by atoms with Crippen LogP contribution in [0.4, 0.5) is 0 Å². The molecule has 1 saturated carbocycles. The highest BCUT2D eigenvalue weighted by atomic mass is 16.5. The van der Waals surface area contributed by atoms with Crippen LogP contribution in [0.5, 0.6) is 0 Å². The third-order valence-electron chi connectivity index (χ3n) is 8.09. The SMILES string of the molecule is C[C@@H]1c2ccccc2CCN1C(=O)c1cc(C2(C)CC2)n2nc([B]OC(C)(C)C(C)(C)O)cc2n1. The van der Waals surface area contributed by atoms with Gasteiger partial charge in [-0.05, 0) is 77.1 Å². The van der Waals surface area contributed by atoms with Crippen molar-refractivity contribution in [3.8, 4) is 0 Å². The molecule has 1 aliphatic heterocycles. The molecule has 1 amide bonds. The molecule has 3 aromatic rings. The van der Waals surface area contributed by atoms with E-state index >= 15 is 0 Å². The zero-order valence-electron chi connectivity index (χ0n) is 21.5. The van der Waals surface area contributed by atoms with Crippen LogP contribution in [-0.2, 0) is 16.5 Å². The van der Waals surface area contributed by atoms with E-state index in [1.165, 1.54) is 11.1 Å². The molecule has 1 N–H and O–H groups in total. The van der Waals surface area contributed by atoms with E-state index in [2.05, 4.69) is 32.0 Å². The molecule has 1 fully saturated rings. The smallest absolute Gasteiger partial charge is 0.354 e. The van der Waals surface area contributed by atoms with Crippen molar-refractivity contribution in [2.24, 2.45) is 0 Å². The van der Waals surface area contributed by atoms with Gasteiger partial charge in [-0.3, -0.25) is 4.79 Å². The second kappa shape index (κ2) is 8.17. The van der Waals surface area contributed by atoms with E-state index in [1.807, 2.05) is 41.5 Å². The topological polar surface area (TPSA) is 80.0 Å². The lowest BCUT2D eigenvalue weighted by Crippen LogP contribution is -2.49. The van der Waals surface area contributed by atoms with Crippen LogP contribution >= 0.6 is 0 Å². The summed E-state index contributed by atoms with van der Waals surface area (Å²) in [5.74, 6) is -0.0499. The predicted octanol–water partition coefficient (Wildman–Crippen LogP) is 3.35. The minimum absolute atomic E-state index is 0.00305. The average Bonchev–Trinajstić information content (AvgIpc) is 3.41. The van der Waals surface area contributed by atoms with Crippen LogP contribution in [0.15, 0.2) is 36.4 Å². The number of aromatic nitrogens is 3. The first-order valence-electron chi connectivity index (χ1n) is 12.4. The highest BCUT2D eigenvalue weighted by Crippen LogP contribution is 2.47. The largest absolute Gasteiger partial charge is 0.425 e. The Morgan fingerprint density at radius 2 is 1.91 bits per heavy atom. The van der Waals surface area contributed by atoms with E-state index in [0.717, 1.165) is 25.0 Å². The Kier molecular flexibility index (Phi) is 5.60. The summed E-state index contributed by atoms with van der Waals surface area (Å²) in [6.45, 7) is 12.1. The molecule has 3 heterocycles. The summed E-state index contributed by atoms with van der Waals surface area (Å²) in [6, 6.07) is 12.1. The van der Waals surface area contributed by atoms with Crippen LogP contribution in [-0.4, -0.2) is 55.7 Å². The zero-order chi connectivity index (χ0) is 25.2. The number of aliphatic hydroxyl groups is 1. The number of benzene rings is 1. The van der Waals surface area contributed by atoms with Crippen molar-refractivity contribution < 1.29 is 14.6 Å². The van der Waals surface area contributed by atoms with Crippen LogP contribution < -0.4 is 5.59 Å². The van der Waals surface area contributed by atoms with E-state index in [4.69, 9.17) is 14.7 Å². The first-order chi connectivity index (χ1) is 16.4. The highest BCUT2D eigenvalue weighted by Gasteiger charge is 2.43. The fourth-order valence-electron chi connectivity index (χ4n) is 4.58. The maximum atomic E-state index is 13.7. The summed E-state index contributed by atoms with van der Waals surface area (Å²) >= 11 is 0. The zero-order valence-corrected chi connectivity index (χ0v) is 21.5. The minimum Gasteiger partial charge on any atom is -0.425 e. The van der Waals surface area contributed by atoms with E-state index in [1.54, 1.807) is 21.3 Å². The van der Waals surface area contributed by atoms with Gasteiger partial charge in [0.05, 0.1) is 28.5 Å². The molecule has 1 atom stereocenters. The van der Waals surface area contributed by atoms with Gasteiger partial charge in [-0.2, -0.15) is 5.10 Å². The van der Waals surface area contributed by atoms with E-state index in [-0.39, 0.29) is 17.4 Å². The fraction of sp³-hybridized carbons (Fsp3) is 0.519. The quantitative estimate of drug-likeness (QED) is 0.556. The number of fused-ring (bicyclic) bond motifs is 2. The van der Waals surface area contributed by atoms with Crippen LogP contribution in [0.1, 0.15) is 87.7 Å². The standard InChI is InChI=1S/C27H34BN4O3/c1-17-19-10-8-7-9-18(19)11-14-31(17)24(33)20-15-21(27(6)12-13-27)32-23(29-20)16-22(30-32)28-35-26(4,5)25(2,3)34/h7-10,15-17,34H,11-14H2,1-6H3/t17-/m1/s1. The van der Waals surface area contributed by atoms with Gasteiger partial charge in [0, 0.05) is 12.0 Å². The molecule has 8 heteroatoms. The van der Waals surface area contributed by atoms with Crippen molar-refractivity contribution in [2.75, 3.05) is 6.54 Å². The van der Waals surface area contributed by atoms with Gasteiger partial charge in [0.25, 0.3) is 5.91 Å². The molecule has 183 valence electrons. The molecule has 0 unspecified atom stereocenters. The van der Waals surface area contributed by atoms with E-state index in [0.29, 0.717) is 23.5 Å². The molecule has 2 aromatic heterocycles. The molecule has 5 rings (SSSR count). The van der Waals surface area contributed by atoms with Crippen molar-refractivity contribution in [3.05, 3.63) is 58.9 Å². The Morgan fingerprint density at radius 1 is 1.20 bits per heavy atom. The summed E-state index contributed by atoms with van der Waals surface area (Å²) < 4.78 is 7.76. The number of hydrogen-bond acceptors (Lipinski definition) is 5. The van der Waals surface area contributed by atoms with E-state index < -0.39 is 11.2 Å². The summed E-state index contributed by atoms with van der Waals surface area (Å²) in [6.07, 6.45) is 2.95. The fourth-order valence-corrected chi connectivity index (χ4v) is 4.58. The van der Waals surface area contributed by atoms with Crippen LogP contribution in [0.3, 0.4) is 0 Å². The number of rotatable bonds is 6. The highest BCUT2D eigenvalue weighted by molar-refractivity contribution is 6.46. The molecule has 1 aromatic carbocycles. The van der Waals surface area contributed by atoms with Crippen molar-refractivity contribution in [3.63, 3.8) is 0 Å². The monoisotopic (exact) mass is 473 g/mol. The third-order valence-corrected chi connectivity index (χ3v) is 8.09. The Labute approximate surface area is 207 Å². The molecule has 1 aliphatic carbocycles. The second-order valence-electron chi connectivity index (χ2n) is 11.4. The molecule has 1 radical (unpaired) electrons. The third kappa shape index (κ3) is 4.27. The molecule has 7 nitrogen and oxygen atoms in total. The lowest BCUT2D eigenvalue weighted by Gasteiger charge is -2.37. The Balaban J connectivity index is 1.48. The van der Waals surface area contributed by atoms with Crippen LogP contribution in [0, 0.1) is 0 Å². The normalized spacial score (nSPS) is 19.5. The second-order valence-corrected chi connectivity index (χ2v) is 11.4. The minimum atomic E-state index is -1.03. The number of amides is 1. The molecule has 0 bridgehead atoms. The predicted molar refractivity (Wildman–Crippen MR) is 136 cm³/mol. The first-order valence-corrected chi connectivity index (χ1v) is 12.4. The van der Waals surface area contributed by atoms with E-state index in [9.17, 15) is 9.90 Å². The van der Waals surface area contributed by atoms with Crippen molar-refractivity contribution in [1.82, 2.24) is 19.5 Å². The van der Waals surface area contributed by atoms with Crippen molar-refractivity contribution in [2.45, 2.75) is 83.5 Å². The number of hydrogen-bond donors (Lipinski definition) is 1. The van der Waals surface area contributed by atoms with Crippen LogP contribution in [0.2, 0.25) is 0 Å². The summed E-state index contributed by atoms with van der Waals surface area (Å²) in [4.78, 5) is 20.4. The van der Waals surface area contributed by atoms with Gasteiger partial charge >= 0.3 is 7.48 Å². The average molecular weight is 473 g/mol. The first kappa shape index (κ1) is 24.0. The molecule has 0 saturated heterocycles. The number of nitrogens with zero attached hydrogens (tertiary/aromatic N) is 4. The number of carbonyl (C=O) groups excluding carboxylic acids is 1. The molecule has 0 spiro atoms. The van der Waals surface area contributed by atoms with Gasteiger partial charge in [0.15, 0.2) is 5.65 Å². The molecular weight excluding hydrogens is 439 g/mol. The Bertz CT molecular complexity index is 1290. The Morgan fingerprint density at radius 3 is 2.60 bits per heavy atom. The maximum Gasteiger partial charge on any atom is 0.354 e. The van der Waals surface area contributed by atoms with Gasteiger partial charge in [-0.25, -0.2) is 9.50 Å². The summed E-state index contributed by atoms with van der Waals surface area (Å²) in [5, 5.41) is 15.1. The van der Waals surface area contributed by atoms with Gasteiger partial charge in [-0.1, -0.05) is 31.2 Å². The maximum absolute atomic E-state index is 13.7. The lowest BCUT2D eigenvalue weighted by molar-refractivity contribution is -0.0893.